The lowest BCUT2D eigenvalue weighted by molar-refractivity contribution is 0.669. The Hall–Kier alpha value is -9.17. The van der Waals surface area contributed by atoms with Crippen molar-refractivity contribution in [3.63, 3.8) is 0 Å². The highest BCUT2D eigenvalue weighted by Crippen LogP contribution is 2.42. The molecule has 0 spiro atoms. The van der Waals surface area contributed by atoms with Crippen molar-refractivity contribution in [3.8, 4) is 56.7 Å². The minimum atomic E-state index is 0.556. The fourth-order valence-corrected chi connectivity index (χ4v) is 11.9. The third-order valence-corrected chi connectivity index (χ3v) is 15.1. The Kier molecular flexibility index (Phi) is 8.43. The zero-order valence-corrected chi connectivity index (χ0v) is 38.2. The lowest BCUT2D eigenvalue weighted by atomic mass is 9.99. The van der Waals surface area contributed by atoms with Gasteiger partial charge < -0.3 is 8.98 Å². The van der Waals surface area contributed by atoms with Crippen molar-refractivity contribution in [2.75, 3.05) is 0 Å². The van der Waals surface area contributed by atoms with E-state index in [1.165, 1.54) is 47.6 Å². The second-order valence-electron chi connectivity index (χ2n) is 18.0. The van der Waals surface area contributed by atoms with E-state index in [9.17, 15) is 0 Å². The topological polar surface area (TPSA) is 61.7 Å². The van der Waals surface area contributed by atoms with E-state index in [1.807, 2.05) is 12.1 Å². The molecule has 0 radical (unpaired) electrons. The highest BCUT2D eigenvalue weighted by Gasteiger charge is 2.22. The molecule has 0 aliphatic rings. The Bertz CT molecular complexity index is 4550. The number of hydrogen-bond donors (Lipinski definition) is 0. The SMILES string of the molecule is c1ccc(-c2ccc3c(c2)c2cc(-c4ccc5c(c4)oc4cccc(-c6nc(-c7ccc8c(c7)sc7ccccc78)nc(-n7c8ccccc8c8ccccc87)n6)c45)ccc2n3-c2ccccc2)cc1. The molecule has 15 rings (SSSR count). The first-order valence-corrected chi connectivity index (χ1v) is 24.3. The molecular weight excluding hydrogens is 875 g/mol. The first-order valence-electron chi connectivity index (χ1n) is 23.5. The lowest BCUT2D eigenvalue weighted by Gasteiger charge is -2.11. The van der Waals surface area contributed by atoms with Crippen LogP contribution in [-0.4, -0.2) is 24.1 Å². The fourth-order valence-electron chi connectivity index (χ4n) is 10.8. The van der Waals surface area contributed by atoms with E-state index in [0.29, 0.717) is 17.6 Å². The summed E-state index contributed by atoms with van der Waals surface area (Å²) >= 11 is 1.79. The molecule has 0 bridgehead atoms. The zero-order chi connectivity index (χ0) is 45.9. The van der Waals surface area contributed by atoms with Gasteiger partial charge in [0, 0.05) is 69.3 Å². The first kappa shape index (κ1) is 38.9. The van der Waals surface area contributed by atoms with Gasteiger partial charge in [0.25, 0.3) is 0 Å². The normalized spacial score (nSPS) is 12.0. The minimum Gasteiger partial charge on any atom is -0.456 e. The smallest absolute Gasteiger partial charge is 0.238 e. The van der Waals surface area contributed by atoms with Crippen molar-refractivity contribution in [2.45, 2.75) is 0 Å². The monoisotopic (exact) mass is 911 g/mol. The number of fused-ring (bicyclic) bond motifs is 12. The van der Waals surface area contributed by atoms with Crippen LogP contribution in [0.3, 0.4) is 0 Å². The summed E-state index contributed by atoms with van der Waals surface area (Å²) in [7, 11) is 0. The van der Waals surface area contributed by atoms with Crippen LogP contribution < -0.4 is 0 Å². The maximum Gasteiger partial charge on any atom is 0.238 e. The predicted octanol–water partition coefficient (Wildman–Crippen LogP) is 17.0. The van der Waals surface area contributed by atoms with Gasteiger partial charge in [-0.1, -0.05) is 146 Å². The Labute approximate surface area is 404 Å². The van der Waals surface area contributed by atoms with E-state index < -0.39 is 0 Å². The van der Waals surface area contributed by atoms with Gasteiger partial charge in [-0.2, -0.15) is 9.97 Å². The highest BCUT2D eigenvalue weighted by atomic mass is 32.1. The van der Waals surface area contributed by atoms with E-state index in [2.05, 4.69) is 221 Å². The number of furan rings is 1. The van der Waals surface area contributed by atoms with Gasteiger partial charge in [0.15, 0.2) is 11.6 Å². The molecule has 0 aliphatic heterocycles. The highest BCUT2D eigenvalue weighted by molar-refractivity contribution is 7.25. The molecule has 5 aromatic heterocycles. The second kappa shape index (κ2) is 15.2. The average Bonchev–Trinajstić information content (AvgIpc) is 4.18. The molecule has 7 heteroatoms. The largest absolute Gasteiger partial charge is 0.456 e. The van der Waals surface area contributed by atoms with Gasteiger partial charge in [-0.05, 0) is 101 Å². The van der Waals surface area contributed by atoms with Crippen LogP contribution in [0.4, 0.5) is 0 Å². The van der Waals surface area contributed by atoms with Crippen LogP contribution in [-0.2, 0) is 0 Å². The van der Waals surface area contributed by atoms with Gasteiger partial charge in [-0.15, -0.1) is 11.3 Å². The number of benzene rings is 10. The molecule has 0 atom stereocenters. The number of hydrogen-bond acceptors (Lipinski definition) is 5. The van der Waals surface area contributed by atoms with Gasteiger partial charge in [-0.25, -0.2) is 4.98 Å². The predicted molar refractivity (Wildman–Crippen MR) is 290 cm³/mol. The van der Waals surface area contributed by atoms with Gasteiger partial charge in [-0.3, -0.25) is 4.57 Å². The molecule has 6 nitrogen and oxygen atoms in total. The Morgan fingerprint density at radius 2 is 0.900 bits per heavy atom. The number of rotatable bonds is 6. The van der Waals surface area contributed by atoms with Crippen molar-refractivity contribution in [1.82, 2.24) is 24.1 Å². The molecule has 15 aromatic rings. The Balaban J connectivity index is 0.906. The molecule has 0 saturated carbocycles. The van der Waals surface area contributed by atoms with Gasteiger partial charge in [0.1, 0.15) is 11.2 Å². The molecule has 0 N–H and O–H groups in total. The maximum atomic E-state index is 6.79. The van der Waals surface area contributed by atoms with Gasteiger partial charge in [0.2, 0.25) is 5.95 Å². The van der Waals surface area contributed by atoms with Crippen molar-refractivity contribution in [3.05, 3.63) is 224 Å². The van der Waals surface area contributed by atoms with Crippen LogP contribution in [0.25, 0.3) is 142 Å². The summed E-state index contributed by atoms with van der Waals surface area (Å²) in [6.45, 7) is 0. The lowest BCUT2D eigenvalue weighted by Crippen LogP contribution is -2.06. The molecule has 70 heavy (non-hydrogen) atoms. The van der Waals surface area contributed by atoms with Crippen molar-refractivity contribution in [1.29, 1.82) is 0 Å². The molecule has 10 aromatic carbocycles. The molecule has 0 aliphatic carbocycles. The summed E-state index contributed by atoms with van der Waals surface area (Å²) < 4.78 is 13.8. The number of thiophene rings is 1. The summed E-state index contributed by atoms with van der Waals surface area (Å²) in [5, 5.41) is 9.13. The summed E-state index contributed by atoms with van der Waals surface area (Å²) in [5.74, 6) is 1.74. The van der Waals surface area contributed by atoms with E-state index in [0.717, 1.165) is 77.2 Å². The molecule has 0 unspecified atom stereocenters. The fraction of sp³-hybridized carbons (Fsp3) is 0. The maximum absolute atomic E-state index is 6.79. The van der Waals surface area contributed by atoms with E-state index in [1.54, 1.807) is 11.3 Å². The Morgan fingerprint density at radius 3 is 1.66 bits per heavy atom. The molecule has 0 amide bonds. The summed E-state index contributed by atoms with van der Waals surface area (Å²) in [6, 6.07) is 79.7. The van der Waals surface area contributed by atoms with Crippen LogP contribution in [0.15, 0.2) is 229 Å². The molecule has 5 heterocycles. The Morgan fingerprint density at radius 1 is 0.329 bits per heavy atom. The van der Waals surface area contributed by atoms with Crippen LogP contribution >= 0.6 is 11.3 Å². The number of aromatic nitrogens is 5. The number of nitrogens with zero attached hydrogens (tertiary/aromatic N) is 5. The third-order valence-electron chi connectivity index (χ3n) is 14.0. The van der Waals surface area contributed by atoms with E-state index >= 15 is 0 Å². The van der Waals surface area contributed by atoms with Crippen LogP contribution in [0, 0.1) is 0 Å². The zero-order valence-electron chi connectivity index (χ0n) is 37.4. The molecule has 0 fully saturated rings. The molecule has 326 valence electrons. The average molecular weight is 912 g/mol. The number of para-hydroxylation sites is 3. The standard InChI is InChI=1S/C63H37N5OS/c1-3-14-38(15-4-1)39-28-32-54-50(34-39)51-35-40(29-33-55(51)67(54)43-16-5-2-6-17-43)41-26-31-48-57(36-41)69-56-24-13-21-49(60(48)56)62-64-61(42-27-30-47-46-20-9-12-25-58(46)70-59(47)37-42)65-63(66-62)68-52-22-10-7-18-44(52)45-19-8-11-23-53(45)68/h1-37H. The van der Waals surface area contributed by atoms with Gasteiger partial charge >= 0.3 is 0 Å². The molecule has 0 saturated heterocycles. The summed E-state index contributed by atoms with van der Waals surface area (Å²) in [5.41, 5.74) is 13.5. The quantitative estimate of drug-likeness (QED) is 0.167. The van der Waals surface area contributed by atoms with Crippen LogP contribution in [0.1, 0.15) is 0 Å². The van der Waals surface area contributed by atoms with Crippen LogP contribution in [0.5, 0.6) is 0 Å². The second-order valence-corrected chi connectivity index (χ2v) is 19.0. The van der Waals surface area contributed by atoms with Crippen molar-refractivity contribution < 1.29 is 4.42 Å². The van der Waals surface area contributed by atoms with Crippen molar-refractivity contribution in [2.24, 2.45) is 0 Å². The van der Waals surface area contributed by atoms with E-state index in [-0.39, 0.29) is 0 Å². The summed E-state index contributed by atoms with van der Waals surface area (Å²) in [4.78, 5) is 16.0. The minimum absolute atomic E-state index is 0.556. The summed E-state index contributed by atoms with van der Waals surface area (Å²) in [6.07, 6.45) is 0. The van der Waals surface area contributed by atoms with E-state index in [4.69, 9.17) is 19.4 Å². The molecular formula is C63H37N5OS. The van der Waals surface area contributed by atoms with Crippen molar-refractivity contribution >= 4 is 97.1 Å². The van der Waals surface area contributed by atoms with Gasteiger partial charge in [0.05, 0.1) is 22.1 Å². The third kappa shape index (κ3) is 5.95. The van der Waals surface area contributed by atoms with Crippen LogP contribution in [0.2, 0.25) is 0 Å². The first-order chi connectivity index (χ1) is 34.7.